The van der Waals surface area contributed by atoms with Crippen LogP contribution >= 0.6 is 0 Å². The van der Waals surface area contributed by atoms with Crippen LogP contribution in [0.2, 0.25) is 13.1 Å². The summed E-state index contributed by atoms with van der Waals surface area (Å²) in [7, 11) is 1.70. The van der Waals surface area contributed by atoms with Gasteiger partial charge in [0.15, 0.2) is 0 Å². The molecule has 0 aliphatic rings. The highest BCUT2D eigenvalue weighted by Crippen LogP contribution is 1.99. The molecule has 0 unspecified atom stereocenters. The van der Waals surface area contributed by atoms with E-state index >= 15 is 0 Å². The lowest BCUT2D eigenvalue weighted by molar-refractivity contribution is -0.122. The summed E-state index contributed by atoms with van der Waals surface area (Å²) in [4.78, 5) is 8.36. The van der Waals surface area contributed by atoms with Crippen LogP contribution < -0.4 is 0 Å². The van der Waals surface area contributed by atoms with E-state index < -0.39 is 8.56 Å². The average Bonchev–Trinajstić information content (AvgIpc) is 1.90. The van der Waals surface area contributed by atoms with Gasteiger partial charge in [-0.2, -0.15) is 0 Å². The van der Waals surface area contributed by atoms with Crippen LogP contribution in [-0.4, -0.2) is 34.4 Å². The molecule has 62 valence electrons. The molecule has 0 spiro atoms. The molecule has 0 saturated heterocycles. The van der Waals surface area contributed by atoms with E-state index in [0.717, 1.165) is 0 Å². The predicted molar refractivity (Wildman–Crippen MR) is 40.2 cm³/mol. The van der Waals surface area contributed by atoms with E-state index in [-0.39, 0.29) is 6.47 Å². The van der Waals surface area contributed by atoms with Gasteiger partial charge >= 0.3 is 8.56 Å². The molecule has 0 amide bonds. The fraction of sp³-hybridized carbons (Fsp3) is 0.800. The first-order valence-corrected chi connectivity index (χ1v) is 5.54. The maximum atomic E-state index is 8.36. The number of hydrogen-bond donors (Lipinski definition) is 1. The van der Waals surface area contributed by atoms with Crippen LogP contribution in [0.15, 0.2) is 0 Å². The lowest BCUT2D eigenvalue weighted by Crippen LogP contribution is -2.31. The van der Waals surface area contributed by atoms with Crippen LogP contribution in [0, 0.1) is 0 Å². The second-order valence-corrected chi connectivity index (χ2v) is 5.53. The van der Waals surface area contributed by atoms with Gasteiger partial charge in [-0.25, -0.2) is 0 Å². The molecule has 0 fully saturated rings. The normalized spacial score (nSPS) is 9.60. The van der Waals surface area contributed by atoms with E-state index in [1.54, 1.807) is 14.2 Å². The Morgan fingerprint density at radius 2 is 1.50 bits per heavy atom. The van der Waals surface area contributed by atoms with Gasteiger partial charge in [0.25, 0.3) is 6.47 Å². The minimum Gasteiger partial charge on any atom is -0.483 e. The van der Waals surface area contributed by atoms with Gasteiger partial charge in [-0.15, -0.1) is 0 Å². The monoisotopic (exact) mass is 166 g/mol. The van der Waals surface area contributed by atoms with Crippen molar-refractivity contribution in [1.29, 1.82) is 0 Å². The van der Waals surface area contributed by atoms with Gasteiger partial charge in [0.05, 0.1) is 0 Å². The minimum atomic E-state index is -1.65. The van der Waals surface area contributed by atoms with Crippen LogP contribution in [0.5, 0.6) is 0 Å². The highest BCUT2D eigenvalue weighted by atomic mass is 28.4. The molecule has 0 aliphatic heterocycles. The molecule has 0 heterocycles. The fourth-order valence-electron chi connectivity index (χ4n) is 0.0833. The third-order valence-electron chi connectivity index (χ3n) is 0.983. The van der Waals surface area contributed by atoms with Crippen molar-refractivity contribution in [3.63, 3.8) is 0 Å². The number of carboxylic acid groups (broad SMARTS) is 1. The highest BCUT2D eigenvalue weighted by molar-refractivity contribution is 6.64. The zero-order valence-corrected chi connectivity index (χ0v) is 7.75. The van der Waals surface area contributed by atoms with Crippen LogP contribution in [0.25, 0.3) is 0 Å². The molecule has 10 heavy (non-hydrogen) atoms. The Kier molecular flexibility index (Phi) is 8.27. The SMILES string of the molecule is CO[Si](C)(C)OC.O=CO. The largest absolute Gasteiger partial charge is 0.483 e. The number of hydrogen-bond acceptors (Lipinski definition) is 3. The Hall–Kier alpha value is -0.393. The lowest BCUT2D eigenvalue weighted by atomic mass is 11.7. The summed E-state index contributed by atoms with van der Waals surface area (Å²) in [6.45, 7) is 3.74. The molecular formula is C5H14O4Si. The zero-order chi connectivity index (χ0) is 8.62. The Balaban J connectivity index is 0. The second kappa shape index (κ2) is 6.72. The molecule has 0 atom stereocenters. The summed E-state index contributed by atoms with van der Waals surface area (Å²) in [5.41, 5.74) is 0. The molecule has 4 nitrogen and oxygen atoms in total. The zero-order valence-electron chi connectivity index (χ0n) is 6.75. The predicted octanol–water partition coefficient (Wildman–Crippen LogP) is 0.682. The lowest BCUT2D eigenvalue weighted by Gasteiger charge is -2.15. The summed E-state index contributed by atoms with van der Waals surface area (Å²) < 4.78 is 10.0. The molecule has 0 aromatic rings. The van der Waals surface area contributed by atoms with Gasteiger partial charge in [-0.1, -0.05) is 0 Å². The average molecular weight is 166 g/mol. The van der Waals surface area contributed by atoms with Crippen molar-refractivity contribution in [3.8, 4) is 0 Å². The first kappa shape index (κ1) is 12.3. The molecule has 0 saturated carbocycles. The van der Waals surface area contributed by atoms with Crippen molar-refractivity contribution in [2.75, 3.05) is 14.2 Å². The van der Waals surface area contributed by atoms with Crippen molar-refractivity contribution >= 4 is 15.0 Å². The van der Waals surface area contributed by atoms with E-state index in [2.05, 4.69) is 0 Å². The van der Waals surface area contributed by atoms with E-state index in [9.17, 15) is 0 Å². The second-order valence-electron chi connectivity index (χ2n) is 1.91. The van der Waals surface area contributed by atoms with Crippen molar-refractivity contribution in [3.05, 3.63) is 0 Å². The fourth-order valence-corrected chi connectivity index (χ4v) is 0.250. The molecule has 0 rings (SSSR count). The minimum absolute atomic E-state index is 0.250. The van der Waals surface area contributed by atoms with E-state index in [4.69, 9.17) is 18.8 Å². The highest BCUT2D eigenvalue weighted by Gasteiger charge is 2.19. The summed E-state index contributed by atoms with van der Waals surface area (Å²) in [5, 5.41) is 6.89. The standard InChI is InChI=1S/C4H12O2Si.CH2O2/c1-5-7(3,4)6-2;2-1-3/h1-4H3;1H,(H,2,3). The van der Waals surface area contributed by atoms with Gasteiger partial charge < -0.3 is 14.0 Å². The molecule has 0 radical (unpaired) electrons. The number of carbonyl (C=O) groups is 1. The number of rotatable bonds is 2. The quantitative estimate of drug-likeness (QED) is 0.484. The summed E-state index contributed by atoms with van der Waals surface area (Å²) in [6, 6.07) is 0. The summed E-state index contributed by atoms with van der Waals surface area (Å²) >= 11 is 0. The van der Waals surface area contributed by atoms with Gasteiger partial charge in [-0.05, 0) is 13.1 Å². The molecule has 5 heteroatoms. The maximum Gasteiger partial charge on any atom is 0.331 e. The Morgan fingerprint density at radius 3 is 1.50 bits per heavy atom. The van der Waals surface area contributed by atoms with Gasteiger partial charge in [0.1, 0.15) is 0 Å². The summed E-state index contributed by atoms with van der Waals surface area (Å²) in [6.07, 6.45) is 0. The van der Waals surface area contributed by atoms with Crippen LogP contribution in [-0.2, 0) is 13.6 Å². The van der Waals surface area contributed by atoms with E-state index in [1.807, 2.05) is 13.1 Å². The molecule has 0 aromatic carbocycles. The molecule has 0 bridgehead atoms. The first-order valence-electron chi connectivity index (χ1n) is 2.72. The Morgan fingerprint density at radius 1 is 1.30 bits per heavy atom. The topological polar surface area (TPSA) is 55.8 Å². The molecule has 1 N–H and O–H groups in total. The summed E-state index contributed by atoms with van der Waals surface area (Å²) in [5.74, 6) is 0. The van der Waals surface area contributed by atoms with Crippen molar-refractivity contribution in [1.82, 2.24) is 0 Å². The van der Waals surface area contributed by atoms with Gasteiger partial charge in [0, 0.05) is 14.2 Å². The van der Waals surface area contributed by atoms with E-state index in [0.29, 0.717) is 0 Å². The van der Waals surface area contributed by atoms with Crippen LogP contribution in [0.1, 0.15) is 0 Å². The first-order chi connectivity index (χ1) is 4.54. The van der Waals surface area contributed by atoms with E-state index in [1.165, 1.54) is 0 Å². The van der Waals surface area contributed by atoms with Crippen LogP contribution in [0.4, 0.5) is 0 Å². The maximum absolute atomic E-state index is 8.36. The smallest absolute Gasteiger partial charge is 0.331 e. The van der Waals surface area contributed by atoms with Gasteiger partial charge in [0.2, 0.25) is 0 Å². The molecule has 0 aromatic heterocycles. The Labute approximate surface area is 62.0 Å². The van der Waals surface area contributed by atoms with Crippen LogP contribution in [0.3, 0.4) is 0 Å². The Bertz CT molecular complexity index is 77.7. The third-order valence-corrected chi connectivity index (χ3v) is 2.95. The third kappa shape index (κ3) is 10.6. The molecular weight excluding hydrogens is 152 g/mol. The molecule has 0 aliphatic carbocycles. The van der Waals surface area contributed by atoms with Crippen molar-refractivity contribution in [2.45, 2.75) is 13.1 Å². The van der Waals surface area contributed by atoms with Crippen molar-refractivity contribution < 1.29 is 18.8 Å². The van der Waals surface area contributed by atoms with Gasteiger partial charge in [-0.3, -0.25) is 4.79 Å². The van der Waals surface area contributed by atoms with Crippen molar-refractivity contribution in [2.24, 2.45) is 0 Å².